The van der Waals surface area contributed by atoms with E-state index >= 15 is 0 Å². The van der Waals surface area contributed by atoms with Crippen LogP contribution in [-0.2, 0) is 22.6 Å². The van der Waals surface area contributed by atoms with Crippen molar-refractivity contribution in [1.82, 2.24) is 19.4 Å². The first kappa shape index (κ1) is 18.6. The SMILES string of the molecule is CC(C)OC(=O)Cn1c(CN(C)C(=O)c2ccncc2)nc2ccccc21. The lowest BCUT2D eigenvalue weighted by atomic mass is 10.2. The number of imidazole rings is 1. The van der Waals surface area contributed by atoms with E-state index in [0.29, 0.717) is 11.4 Å². The zero-order chi connectivity index (χ0) is 19.4. The van der Waals surface area contributed by atoms with E-state index in [9.17, 15) is 9.59 Å². The number of benzene rings is 1. The summed E-state index contributed by atoms with van der Waals surface area (Å²) >= 11 is 0. The molecule has 0 saturated heterocycles. The molecular weight excluding hydrogens is 344 g/mol. The molecule has 1 amide bonds. The minimum atomic E-state index is -0.336. The van der Waals surface area contributed by atoms with E-state index in [1.807, 2.05) is 38.1 Å². The maximum Gasteiger partial charge on any atom is 0.326 e. The summed E-state index contributed by atoms with van der Waals surface area (Å²) in [4.78, 5) is 34.9. The Labute approximate surface area is 157 Å². The number of rotatable bonds is 6. The second kappa shape index (κ2) is 7.99. The monoisotopic (exact) mass is 366 g/mol. The summed E-state index contributed by atoms with van der Waals surface area (Å²) in [5.74, 6) is 0.153. The third-order valence-electron chi connectivity index (χ3n) is 4.04. The number of fused-ring (bicyclic) bond motifs is 1. The fourth-order valence-electron chi connectivity index (χ4n) is 2.85. The molecule has 7 nitrogen and oxygen atoms in total. The normalized spacial score (nSPS) is 11.0. The van der Waals surface area contributed by atoms with Crippen molar-refractivity contribution >= 4 is 22.9 Å². The highest BCUT2D eigenvalue weighted by atomic mass is 16.5. The number of para-hydroxylation sites is 2. The molecule has 3 aromatic rings. The van der Waals surface area contributed by atoms with Gasteiger partial charge in [0.05, 0.1) is 23.7 Å². The van der Waals surface area contributed by atoms with E-state index in [1.165, 1.54) is 0 Å². The lowest BCUT2D eigenvalue weighted by molar-refractivity contribution is -0.148. The Morgan fingerprint density at radius 3 is 2.56 bits per heavy atom. The van der Waals surface area contributed by atoms with E-state index in [0.717, 1.165) is 11.0 Å². The van der Waals surface area contributed by atoms with Crippen LogP contribution in [0.1, 0.15) is 30.0 Å². The number of nitrogens with zero attached hydrogens (tertiary/aromatic N) is 4. The zero-order valence-electron chi connectivity index (χ0n) is 15.6. The van der Waals surface area contributed by atoms with Gasteiger partial charge in [-0.2, -0.15) is 0 Å². The van der Waals surface area contributed by atoms with Crippen LogP contribution < -0.4 is 0 Å². The van der Waals surface area contributed by atoms with Crippen LogP contribution in [0.4, 0.5) is 0 Å². The molecule has 0 fully saturated rings. The van der Waals surface area contributed by atoms with Gasteiger partial charge in [0.2, 0.25) is 0 Å². The first-order valence-electron chi connectivity index (χ1n) is 8.75. The Balaban J connectivity index is 1.88. The third-order valence-corrected chi connectivity index (χ3v) is 4.04. The lowest BCUT2D eigenvalue weighted by Crippen LogP contribution is -2.28. The van der Waals surface area contributed by atoms with E-state index in [-0.39, 0.29) is 31.1 Å². The van der Waals surface area contributed by atoms with E-state index in [2.05, 4.69) is 9.97 Å². The van der Waals surface area contributed by atoms with Crippen LogP contribution in [-0.4, -0.2) is 44.5 Å². The van der Waals surface area contributed by atoms with Crippen molar-refractivity contribution in [2.24, 2.45) is 0 Å². The van der Waals surface area contributed by atoms with Gasteiger partial charge in [0.25, 0.3) is 5.91 Å². The van der Waals surface area contributed by atoms with E-state index < -0.39 is 0 Å². The van der Waals surface area contributed by atoms with Gasteiger partial charge in [0.15, 0.2) is 0 Å². The number of esters is 1. The number of ether oxygens (including phenoxy) is 1. The summed E-state index contributed by atoms with van der Waals surface area (Å²) in [7, 11) is 1.71. The standard InChI is InChI=1S/C20H22N4O3/c1-14(2)27-19(25)13-24-17-7-5-4-6-16(17)22-18(24)12-23(3)20(26)15-8-10-21-11-9-15/h4-11,14H,12-13H2,1-3H3. The van der Waals surface area contributed by atoms with Crippen LogP contribution in [0.3, 0.4) is 0 Å². The lowest BCUT2D eigenvalue weighted by Gasteiger charge is -2.18. The minimum Gasteiger partial charge on any atom is -0.462 e. The molecule has 0 saturated carbocycles. The molecule has 0 spiro atoms. The number of pyridine rings is 1. The first-order chi connectivity index (χ1) is 13.0. The van der Waals surface area contributed by atoms with Gasteiger partial charge in [-0.25, -0.2) is 4.98 Å². The maximum absolute atomic E-state index is 12.6. The average Bonchev–Trinajstić information content (AvgIpc) is 2.98. The van der Waals surface area contributed by atoms with Crippen molar-refractivity contribution in [3.8, 4) is 0 Å². The number of hydrogen-bond donors (Lipinski definition) is 0. The molecule has 0 radical (unpaired) electrons. The summed E-state index contributed by atoms with van der Waals surface area (Å²) in [6.07, 6.45) is 2.97. The van der Waals surface area contributed by atoms with Gasteiger partial charge >= 0.3 is 5.97 Å². The smallest absolute Gasteiger partial charge is 0.326 e. The molecule has 2 heterocycles. The minimum absolute atomic E-state index is 0.0469. The highest BCUT2D eigenvalue weighted by Gasteiger charge is 2.19. The fraction of sp³-hybridized carbons (Fsp3) is 0.300. The van der Waals surface area contributed by atoms with Crippen molar-refractivity contribution in [2.75, 3.05) is 7.05 Å². The number of carbonyl (C=O) groups is 2. The van der Waals surface area contributed by atoms with Gasteiger partial charge in [0.1, 0.15) is 12.4 Å². The van der Waals surface area contributed by atoms with Crippen molar-refractivity contribution in [2.45, 2.75) is 33.0 Å². The number of aromatic nitrogens is 3. The van der Waals surface area contributed by atoms with Crippen molar-refractivity contribution < 1.29 is 14.3 Å². The molecule has 27 heavy (non-hydrogen) atoms. The fourth-order valence-corrected chi connectivity index (χ4v) is 2.85. The highest BCUT2D eigenvalue weighted by Crippen LogP contribution is 2.18. The molecule has 1 aromatic carbocycles. The Kier molecular flexibility index (Phi) is 5.49. The third kappa shape index (κ3) is 4.31. The molecule has 3 rings (SSSR count). The van der Waals surface area contributed by atoms with Crippen LogP contribution in [0.2, 0.25) is 0 Å². The Morgan fingerprint density at radius 2 is 1.85 bits per heavy atom. The summed E-state index contributed by atoms with van der Waals surface area (Å²) in [6.45, 7) is 3.94. The predicted octanol–water partition coefficient (Wildman–Crippen LogP) is 2.66. The Hall–Kier alpha value is -3.22. The second-order valence-corrected chi connectivity index (χ2v) is 6.54. The molecule has 0 N–H and O–H groups in total. The number of amides is 1. The van der Waals surface area contributed by atoms with E-state index in [1.54, 1.807) is 41.0 Å². The maximum atomic E-state index is 12.6. The van der Waals surface area contributed by atoms with Crippen LogP contribution in [0.5, 0.6) is 0 Å². The molecule has 0 aliphatic heterocycles. The quantitative estimate of drug-likeness (QED) is 0.627. The van der Waals surface area contributed by atoms with Gasteiger partial charge in [0, 0.05) is 25.0 Å². The molecule has 0 unspecified atom stereocenters. The number of carbonyl (C=O) groups excluding carboxylic acids is 2. The zero-order valence-corrected chi connectivity index (χ0v) is 15.6. The largest absolute Gasteiger partial charge is 0.462 e. The topological polar surface area (TPSA) is 77.3 Å². The van der Waals surface area contributed by atoms with Crippen LogP contribution in [0, 0.1) is 0 Å². The van der Waals surface area contributed by atoms with Crippen molar-refractivity contribution in [3.63, 3.8) is 0 Å². The van der Waals surface area contributed by atoms with Crippen molar-refractivity contribution in [3.05, 3.63) is 60.2 Å². The van der Waals surface area contributed by atoms with Gasteiger partial charge in [-0.1, -0.05) is 12.1 Å². The van der Waals surface area contributed by atoms with Gasteiger partial charge in [-0.3, -0.25) is 14.6 Å². The van der Waals surface area contributed by atoms with Gasteiger partial charge < -0.3 is 14.2 Å². The molecule has 0 aliphatic rings. The summed E-state index contributed by atoms with van der Waals surface area (Å²) < 4.78 is 7.08. The summed E-state index contributed by atoms with van der Waals surface area (Å²) in [6, 6.07) is 10.9. The molecule has 140 valence electrons. The summed E-state index contributed by atoms with van der Waals surface area (Å²) in [5.41, 5.74) is 2.15. The average molecular weight is 366 g/mol. The molecule has 0 aliphatic carbocycles. The second-order valence-electron chi connectivity index (χ2n) is 6.54. The molecule has 0 bridgehead atoms. The van der Waals surface area contributed by atoms with Crippen LogP contribution in [0.25, 0.3) is 11.0 Å². The van der Waals surface area contributed by atoms with E-state index in [4.69, 9.17) is 4.74 Å². The van der Waals surface area contributed by atoms with Crippen LogP contribution >= 0.6 is 0 Å². The molecule has 0 atom stereocenters. The summed E-state index contributed by atoms with van der Waals surface area (Å²) in [5, 5.41) is 0. The first-order valence-corrected chi connectivity index (χ1v) is 8.75. The Morgan fingerprint density at radius 1 is 1.15 bits per heavy atom. The van der Waals surface area contributed by atoms with Gasteiger partial charge in [-0.15, -0.1) is 0 Å². The van der Waals surface area contributed by atoms with Gasteiger partial charge in [-0.05, 0) is 38.1 Å². The number of hydrogen-bond acceptors (Lipinski definition) is 5. The molecule has 7 heteroatoms. The Bertz CT molecular complexity index is 950. The van der Waals surface area contributed by atoms with Crippen molar-refractivity contribution in [1.29, 1.82) is 0 Å². The van der Waals surface area contributed by atoms with Crippen LogP contribution in [0.15, 0.2) is 48.8 Å². The molecule has 2 aromatic heterocycles. The highest BCUT2D eigenvalue weighted by molar-refractivity contribution is 5.93. The molecular formula is C20H22N4O3. The predicted molar refractivity (Wildman–Crippen MR) is 101 cm³/mol.